The molecule has 0 aromatic rings. The number of rotatable bonds is 15. The highest BCUT2D eigenvalue weighted by Crippen LogP contribution is 2.31. The van der Waals surface area contributed by atoms with Gasteiger partial charge in [-0.3, -0.25) is 0 Å². The average molecular weight is 365 g/mol. The van der Waals surface area contributed by atoms with Gasteiger partial charge in [0, 0.05) is 0 Å². The van der Waals surface area contributed by atoms with Crippen LogP contribution in [0.1, 0.15) is 111 Å². The SMILES string of the molecule is CCCCC/C=C\C/C=C\[C@@H]1OC(C)(C)O[C@H]1CCCCCCCCC. The number of unbranched alkanes of at least 4 members (excludes halogenated alkanes) is 9. The Morgan fingerprint density at radius 1 is 0.731 bits per heavy atom. The van der Waals surface area contributed by atoms with E-state index in [1.807, 2.05) is 13.8 Å². The first-order valence-corrected chi connectivity index (χ1v) is 11.3. The van der Waals surface area contributed by atoms with E-state index in [4.69, 9.17) is 9.47 Å². The van der Waals surface area contributed by atoms with Gasteiger partial charge in [-0.05, 0) is 39.5 Å². The minimum Gasteiger partial charge on any atom is -0.344 e. The smallest absolute Gasteiger partial charge is 0.164 e. The van der Waals surface area contributed by atoms with E-state index < -0.39 is 5.79 Å². The van der Waals surface area contributed by atoms with E-state index >= 15 is 0 Å². The number of ether oxygens (including phenoxy) is 2. The third-order valence-electron chi connectivity index (χ3n) is 5.05. The lowest BCUT2D eigenvalue weighted by Crippen LogP contribution is -2.21. The number of hydrogen-bond acceptors (Lipinski definition) is 2. The molecule has 0 N–H and O–H groups in total. The third-order valence-corrected chi connectivity index (χ3v) is 5.05. The highest BCUT2D eigenvalue weighted by molar-refractivity contribution is 5.01. The molecule has 2 atom stereocenters. The Bertz CT molecular complexity index is 384. The van der Waals surface area contributed by atoms with E-state index in [-0.39, 0.29) is 12.2 Å². The second-order valence-electron chi connectivity index (χ2n) is 8.18. The van der Waals surface area contributed by atoms with Crippen LogP contribution < -0.4 is 0 Å². The van der Waals surface area contributed by atoms with Crippen LogP contribution in [0.25, 0.3) is 0 Å². The molecular weight excluding hydrogens is 320 g/mol. The minimum atomic E-state index is -0.448. The lowest BCUT2D eigenvalue weighted by atomic mass is 10.0. The molecule has 0 aromatic carbocycles. The van der Waals surface area contributed by atoms with Crippen molar-refractivity contribution in [1.82, 2.24) is 0 Å². The van der Waals surface area contributed by atoms with Gasteiger partial charge in [-0.15, -0.1) is 0 Å². The molecule has 1 aliphatic rings. The van der Waals surface area contributed by atoms with Crippen molar-refractivity contribution >= 4 is 0 Å². The first-order chi connectivity index (χ1) is 12.6. The molecule has 0 saturated carbocycles. The van der Waals surface area contributed by atoms with E-state index in [0.29, 0.717) is 0 Å². The van der Waals surface area contributed by atoms with Gasteiger partial charge in [0.25, 0.3) is 0 Å². The molecule has 152 valence electrons. The second kappa shape index (κ2) is 14.5. The fourth-order valence-corrected chi connectivity index (χ4v) is 3.57. The molecule has 2 heteroatoms. The van der Waals surface area contributed by atoms with Crippen molar-refractivity contribution in [3.63, 3.8) is 0 Å². The Balaban J connectivity index is 2.24. The highest BCUT2D eigenvalue weighted by atomic mass is 16.7. The molecular formula is C24H44O2. The standard InChI is InChI=1S/C24H44O2/c1-5-7-9-11-13-15-17-19-21-23-22(25-24(3,4)26-23)20-18-16-14-12-10-8-6-2/h13,15,19,21-23H,5-12,14,16-18,20H2,1-4H3/b15-13-,21-19-/t22-,23-/m0/s1. The van der Waals surface area contributed by atoms with Gasteiger partial charge in [-0.1, -0.05) is 95.9 Å². The van der Waals surface area contributed by atoms with Gasteiger partial charge in [0.15, 0.2) is 5.79 Å². The van der Waals surface area contributed by atoms with Gasteiger partial charge in [-0.2, -0.15) is 0 Å². The van der Waals surface area contributed by atoms with Crippen molar-refractivity contribution in [3.8, 4) is 0 Å². The van der Waals surface area contributed by atoms with Crippen LogP contribution in [-0.2, 0) is 9.47 Å². The van der Waals surface area contributed by atoms with E-state index in [1.54, 1.807) is 0 Å². The summed E-state index contributed by atoms with van der Waals surface area (Å²) < 4.78 is 12.2. The van der Waals surface area contributed by atoms with Gasteiger partial charge in [0.05, 0.1) is 6.10 Å². The van der Waals surface area contributed by atoms with E-state index in [0.717, 1.165) is 12.8 Å². The fourth-order valence-electron chi connectivity index (χ4n) is 3.57. The van der Waals surface area contributed by atoms with Crippen LogP contribution in [0.15, 0.2) is 24.3 Å². The summed E-state index contributed by atoms with van der Waals surface area (Å²) in [6.45, 7) is 8.59. The summed E-state index contributed by atoms with van der Waals surface area (Å²) in [5, 5.41) is 0. The van der Waals surface area contributed by atoms with Gasteiger partial charge in [0.2, 0.25) is 0 Å². The molecule has 0 aliphatic carbocycles. The summed E-state index contributed by atoms with van der Waals surface area (Å²) in [6, 6.07) is 0. The van der Waals surface area contributed by atoms with Crippen LogP contribution >= 0.6 is 0 Å². The van der Waals surface area contributed by atoms with Crippen molar-refractivity contribution in [2.45, 2.75) is 129 Å². The molecule has 0 bridgehead atoms. The second-order valence-corrected chi connectivity index (χ2v) is 8.18. The Hall–Kier alpha value is -0.600. The Labute approximate surface area is 163 Å². The molecule has 0 aromatic heterocycles. The molecule has 1 saturated heterocycles. The molecule has 0 radical (unpaired) electrons. The highest BCUT2D eigenvalue weighted by Gasteiger charge is 2.39. The van der Waals surface area contributed by atoms with Crippen LogP contribution in [0.4, 0.5) is 0 Å². The van der Waals surface area contributed by atoms with Crippen LogP contribution in [0.2, 0.25) is 0 Å². The van der Waals surface area contributed by atoms with Gasteiger partial charge >= 0.3 is 0 Å². The third kappa shape index (κ3) is 11.2. The maximum atomic E-state index is 6.14. The molecule has 1 aliphatic heterocycles. The predicted molar refractivity (Wildman–Crippen MR) is 113 cm³/mol. The lowest BCUT2D eigenvalue weighted by Gasteiger charge is -2.16. The quantitative estimate of drug-likeness (QED) is 0.219. The van der Waals surface area contributed by atoms with Gasteiger partial charge < -0.3 is 9.47 Å². The first-order valence-electron chi connectivity index (χ1n) is 11.3. The van der Waals surface area contributed by atoms with E-state index in [1.165, 1.54) is 70.6 Å². The first kappa shape index (κ1) is 23.4. The number of hydrogen-bond donors (Lipinski definition) is 0. The zero-order chi connectivity index (χ0) is 19.1. The van der Waals surface area contributed by atoms with Crippen LogP contribution in [0.5, 0.6) is 0 Å². The van der Waals surface area contributed by atoms with Crippen molar-refractivity contribution in [2.24, 2.45) is 0 Å². The number of allylic oxidation sites excluding steroid dienone is 3. The molecule has 2 nitrogen and oxygen atoms in total. The van der Waals surface area contributed by atoms with E-state index in [2.05, 4.69) is 38.2 Å². The summed E-state index contributed by atoms with van der Waals surface area (Å²) >= 11 is 0. The van der Waals surface area contributed by atoms with Crippen LogP contribution in [-0.4, -0.2) is 18.0 Å². The minimum absolute atomic E-state index is 0.110. The summed E-state index contributed by atoms with van der Waals surface area (Å²) in [4.78, 5) is 0. The van der Waals surface area contributed by atoms with Crippen molar-refractivity contribution in [1.29, 1.82) is 0 Å². The van der Waals surface area contributed by atoms with Crippen molar-refractivity contribution < 1.29 is 9.47 Å². The summed E-state index contributed by atoms with van der Waals surface area (Å²) in [5.74, 6) is -0.448. The summed E-state index contributed by atoms with van der Waals surface area (Å²) in [6.07, 6.45) is 26.0. The zero-order valence-corrected chi connectivity index (χ0v) is 18.0. The normalized spacial score (nSPS) is 22.8. The zero-order valence-electron chi connectivity index (χ0n) is 18.0. The molecule has 26 heavy (non-hydrogen) atoms. The molecule has 1 fully saturated rings. The Morgan fingerprint density at radius 3 is 2.12 bits per heavy atom. The predicted octanol–water partition coefficient (Wildman–Crippen LogP) is 7.73. The topological polar surface area (TPSA) is 18.5 Å². The maximum Gasteiger partial charge on any atom is 0.164 e. The summed E-state index contributed by atoms with van der Waals surface area (Å²) in [5.41, 5.74) is 0. The largest absolute Gasteiger partial charge is 0.344 e. The Morgan fingerprint density at radius 2 is 1.38 bits per heavy atom. The van der Waals surface area contributed by atoms with Gasteiger partial charge in [-0.25, -0.2) is 0 Å². The molecule has 0 spiro atoms. The molecule has 0 unspecified atom stereocenters. The van der Waals surface area contributed by atoms with E-state index in [9.17, 15) is 0 Å². The molecule has 1 rings (SSSR count). The van der Waals surface area contributed by atoms with Crippen molar-refractivity contribution in [3.05, 3.63) is 24.3 Å². The molecule has 1 heterocycles. The van der Waals surface area contributed by atoms with Gasteiger partial charge in [0.1, 0.15) is 6.10 Å². The van der Waals surface area contributed by atoms with Crippen LogP contribution in [0.3, 0.4) is 0 Å². The summed E-state index contributed by atoms with van der Waals surface area (Å²) in [7, 11) is 0. The van der Waals surface area contributed by atoms with Crippen molar-refractivity contribution in [2.75, 3.05) is 0 Å². The monoisotopic (exact) mass is 364 g/mol. The maximum absolute atomic E-state index is 6.14. The lowest BCUT2D eigenvalue weighted by molar-refractivity contribution is -0.143. The molecule has 0 amide bonds. The fraction of sp³-hybridized carbons (Fsp3) is 0.833. The Kier molecular flexibility index (Phi) is 13.0. The average Bonchev–Trinajstić information content (AvgIpc) is 2.90. The van der Waals surface area contributed by atoms with Crippen LogP contribution in [0, 0.1) is 0 Å².